The molecule has 0 aliphatic heterocycles. The van der Waals surface area contributed by atoms with Crippen molar-refractivity contribution in [2.24, 2.45) is 5.14 Å². The number of amides is 1. The SMILES string of the molecule is CN(C(=O)c1ccc(S(N)(=O)=O)c(F)c1)c1ccc(F)cc1. The van der Waals surface area contributed by atoms with E-state index in [1.807, 2.05) is 0 Å². The maximum atomic E-state index is 13.7. The molecule has 0 bridgehead atoms. The first-order valence-corrected chi connectivity index (χ1v) is 7.61. The highest BCUT2D eigenvalue weighted by Gasteiger charge is 2.19. The molecule has 0 aliphatic rings. The number of carbonyl (C=O) groups excluding carboxylic acids is 1. The van der Waals surface area contributed by atoms with E-state index in [9.17, 15) is 22.0 Å². The van der Waals surface area contributed by atoms with Gasteiger partial charge in [0.05, 0.1) is 0 Å². The van der Waals surface area contributed by atoms with Gasteiger partial charge in [0.2, 0.25) is 10.0 Å². The standard InChI is InChI=1S/C14H12F2N2O3S/c1-18(11-5-3-10(15)4-6-11)14(19)9-2-7-13(12(16)8-9)22(17,20)21/h2-8H,1H3,(H2,17,20,21). The number of anilines is 1. The molecule has 2 N–H and O–H groups in total. The number of rotatable bonds is 3. The molecule has 116 valence electrons. The number of nitrogens with zero attached hydrogens (tertiary/aromatic N) is 1. The fourth-order valence-electron chi connectivity index (χ4n) is 1.84. The van der Waals surface area contributed by atoms with E-state index in [-0.39, 0.29) is 5.56 Å². The smallest absolute Gasteiger partial charge is 0.258 e. The summed E-state index contributed by atoms with van der Waals surface area (Å²) >= 11 is 0. The Hall–Kier alpha value is -2.32. The molecule has 0 aliphatic carbocycles. The molecule has 0 radical (unpaired) electrons. The van der Waals surface area contributed by atoms with Gasteiger partial charge in [-0.1, -0.05) is 0 Å². The predicted molar refractivity (Wildman–Crippen MR) is 76.9 cm³/mol. The second-order valence-electron chi connectivity index (χ2n) is 4.53. The van der Waals surface area contributed by atoms with Gasteiger partial charge in [-0.3, -0.25) is 4.79 Å². The van der Waals surface area contributed by atoms with Crippen molar-refractivity contribution >= 4 is 21.6 Å². The highest BCUT2D eigenvalue weighted by Crippen LogP contribution is 2.19. The van der Waals surface area contributed by atoms with Crippen LogP contribution in [0.1, 0.15) is 10.4 Å². The largest absolute Gasteiger partial charge is 0.311 e. The second-order valence-corrected chi connectivity index (χ2v) is 6.06. The molecule has 0 fully saturated rings. The minimum atomic E-state index is -4.19. The monoisotopic (exact) mass is 326 g/mol. The first-order chi connectivity index (χ1) is 10.2. The molecule has 0 heterocycles. The fraction of sp³-hybridized carbons (Fsp3) is 0.0714. The van der Waals surface area contributed by atoms with Crippen LogP contribution in [0, 0.1) is 11.6 Å². The lowest BCUT2D eigenvalue weighted by Crippen LogP contribution is -2.26. The molecule has 0 unspecified atom stereocenters. The Labute approximate surface area is 126 Å². The average Bonchev–Trinajstić information content (AvgIpc) is 2.45. The van der Waals surface area contributed by atoms with Gasteiger partial charge in [-0.25, -0.2) is 22.3 Å². The summed E-state index contributed by atoms with van der Waals surface area (Å²) in [7, 11) is -2.76. The van der Waals surface area contributed by atoms with E-state index in [0.717, 1.165) is 18.2 Å². The number of sulfonamides is 1. The van der Waals surface area contributed by atoms with E-state index < -0.39 is 32.5 Å². The van der Waals surface area contributed by atoms with Gasteiger partial charge in [-0.2, -0.15) is 0 Å². The molecule has 0 saturated heterocycles. The number of hydrogen-bond acceptors (Lipinski definition) is 3. The molecular formula is C14H12F2N2O3S. The first kappa shape index (κ1) is 16.1. The molecule has 2 rings (SSSR count). The minimum absolute atomic E-state index is 0.0586. The van der Waals surface area contributed by atoms with Crippen molar-refractivity contribution < 1.29 is 22.0 Å². The van der Waals surface area contributed by atoms with Crippen molar-refractivity contribution in [1.82, 2.24) is 0 Å². The van der Waals surface area contributed by atoms with E-state index in [4.69, 9.17) is 5.14 Å². The fourth-order valence-corrected chi connectivity index (χ4v) is 2.43. The molecule has 2 aromatic rings. The van der Waals surface area contributed by atoms with Gasteiger partial charge < -0.3 is 4.90 Å². The van der Waals surface area contributed by atoms with Gasteiger partial charge in [-0.15, -0.1) is 0 Å². The maximum Gasteiger partial charge on any atom is 0.258 e. The van der Waals surface area contributed by atoms with Gasteiger partial charge in [0.15, 0.2) is 0 Å². The molecule has 0 aromatic heterocycles. The number of halogens is 2. The maximum absolute atomic E-state index is 13.7. The minimum Gasteiger partial charge on any atom is -0.311 e. The van der Waals surface area contributed by atoms with Crippen molar-refractivity contribution in [2.45, 2.75) is 4.90 Å². The number of hydrogen-bond donors (Lipinski definition) is 1. The van der Waals surface area contributed by atoms with Crippen molar-refractivity contribution in [3.05, 3.63) is 59.7 Å². The van der Waals surface area contributed by atoms with E-state index in [1.165, 1.54) is 36.2 Å². The molecule has 1 amide bonds. The summed E-state index contributed by atoms with van der Waals surface area (Å²) in [6, 6.07) is 8.03. The summed E-state index contributed by atoms with van der Waals surface area (Å²) < 4.78 is 48.9. The van der Waals surface area contributed by atoms with Gasteiger partial charge in [0.1, 0.15) is 16.5 Å². The summed E-state index contributed by atoms with van der Waals surface area (Å²) in [6.45, 7) is 0. The van der Waals surface area contributed by atoms with Gasteiger partial charge in [0, 0.05) is 18.3 Å². The molecule has 0 spiro atoms. The zero-order chi connectivity index (χ0) is 16.5. The summed E-state index contributed by atoms with van der Waals surface area (Å²) in [4.78, 5) is 12.7. The number of carbonyl (C=O) groups is 1. The number of nitrogens with two attached hydrogens (primary N) is 1. The van der Waals surface area contributed by atoms with Crippen molar-refractivity contribution in [3.63, 3.8) is 0 Å². The highest BCUT2D eigenvalue weighted by molar-refractivity contribution is 7.89. The quantitative estimate of drug-likeness (QED) is 0.935. The molecule has 0 saturated carbocycles. The molecule has 5 nitrogen and oxygen atoms in total. The number of primary sulfonamides is 1. The van der Waals surface area contributed by atoms with E-state index in [2.05, 4.69) is 0 Å². The molecular weight excluding hydrogens is 314 g/mol. The Morgan fingerprint density at radius 1 is 1.09 bits per heavy atom. The molecule has 8 heteroatoms. The van der Waals surface area contributed by atoms with Gasteiger partial charge >= 0.3 is 0 Å². The molecule has 2 aromatic carbocycles. The third kappa shape index (κ3) is 3.29. The second kappa shape index (κ2) is 5.82. The van der Waals surface area contributed by atoms with Crippen molar-refractivity contribution in [3.8, 4) is 0 Å². The summed E-state index contributed by atoms with van der Waals surface area (Å²) in [5, 5.41) is 4.85. The van der Waals surface area contributed by atoms with Crippen LogP contribution in [-0.2, 0) is 10.0 Å². The lowest BCUT2D eigenvalue weighted by Gasteiger charge is -2.17. The Morgan fingerprint density at radius 2 is 1.68 bits per heavy atom. The van der Waals surface area contributed by atoms with Gasteiger partial charge in [-0.05, 0) is 42.5 Å². The summed E-state index contributed by atoms with van der Waals surface area (Å²) in [5.74, 6) is -2.14. The average molecular weight is 326 g/mol. The van der Waals surface area contributed by atoms with Gasteiger partial charge in [0.25, 0.3) is 5.91 Å². The van der Waals surface area contributed by atoms with Crippen LogP contribution in [0.2, 0.25) is 0 Å². The summed E-state index contributed by atoms with van der Waals surface area (Å²) in [5.41, 5.74) is 0.346. The molecule has 0 atom stereocenters. The Bertz CT molecular complexity index is 820. The third-order valence-electron chi connectivity index (χ3n) is 3.00. The highest BCUT2D eigenvalue weighted by atomic mass is 32.2. The van der Waals surface area contributed by atoms with Crippen LogP contribution >= 0.6 is 0 Å². The first-order valence-electron chi connectivity index (χ1n) is 6.06. The third-order valence-corrected chi connectivity index (χ3v) is 3.95. The van der Waals surface area contributed by atoms with Crippen LogP contribution in [0.25, 0.3) is 0 Å². The van der Waals surface area contributed by atoms with E-state index in [0.29, 0.717) is 5.69 Å². The van der Waals surface area contributed by atoms with Crippen LogP contribution in [0.15, 0.2) is 47.4 Å². The zero-order valence-corrected chi connectivity index (χ0v) is 12.3. The van der Waals surface area contributed by atoms with Crippen LogP contribution in [0.4, 0.5) is 14.5 Å². The Morgan fingerprint density at radius 3 is 2.18 bits per heavy atom. The topological polar surface area (TPSA) is 80.5 Å². The van der Waals surface area contributed by atoms with E-state index in [1.54, 1.807) is 0 Å². The molecule has 22 heavy (non-hydrogen) atoms. The van der Waals surface area contributed by atoms with Crippen molar-refractivity contribution in [2.75, 3.05) is 11.9 Å². The summed E-state index contributed by atoms with van der Waals surface area (Å²) in [6.07, 6.45) is 0. The zero-order valence-electron chi connectivity index (χ0n) is 11.5. The van der Waals surface area contributed by atoms with Crippen LogP contribution in [-0.4, -0.2) is 21.4 Å². The normalized spacial score (nSPS) is 11.3. The van der Waals surface area contributed by atoms with Crippen LogP contribution in [0.3, 0.4) is 0 Å². The predicted octanol–water partition coefficient (Wildman–Crippen LogP) is 1.89. The van der Waals surface area contributed by atoms with Crippen molar-refractivity contribution in [1.29, 1.82) is 0 Å². The van der Waals surface area contributed by atoms with E-state index >= 15 is 0 Å². The van der Waals surface area contributed by atoms with Crippen LogP contribution < -0.4 is 10.0 Å². The van der Waals surface area contributed by atoms with Crippen LogP contribution in [0.5, 0.6) is 0 Å². The Balaban J connectivity index is 2.34. The lowest BCUT2D eigenvalue weighted by molar-refractivity contribution is 0.0992. The number of benzene rings is 2. The Kier molecular flexibility index (Phi) is 4.25. The lowest BCUT2D eigenvalue weighted by atomic mass is 10.2.